The van der Waals surface area contributed by atoms with Crippen molar-refractivity contribution in [2.24, 2.45) is 0 Å². The number of fused-ring (bicyclic) bond motifs is 1. The molecule has 0 fully saturated rings. The summed E-state index contributed by atoms with van der Waals surface area (Å²) < 4.78 is 0. The van der Waals surface area contributed by atoms with Gasteiger partial charge in [-0.2, -0.15) is 0 Å². The van der Waals surface area contributed by atoms with Gasteiger partial charge in [0.1, 0.15) is 0 Å². The van der Waals surface area contributed by atoms with Crippen LogP contribution in [0.3, 0.4) is 0 Å². The molecule has 0 amide bonds. The largest absolute Gasteiger partial charge is 0.319 e. The first-order valence-corrected chi connectivity index (χ1v) is 5.41. The lowest BCUT2D eigenvalue weighted by molar-refractivity contribution is 0.671. The average Bonchev–Trinajstić information content (AvgIpc) is 2.72. The molecule has 1 aromatic carbocycles. The quantitative estimate of drug-likeness (QED) is 0.761. The van der Waals surface area contributed by atoms with E-state index in [2.05, 4.69) is 41.0 Å². The molecule has 1 aliphatic heterocycles. The topological polar surface area (TPSA) is 37.0 Å². The summed E-state index contributed by atoms with van der Waals surface area (Å²) >= 11 is 0. The van der Waals surface area contributed by atoms with Gasteiger partial charge >= 0.3 is 0 Å². The van der Waals surface area contributed by atoms with Gasteiger partial charge in [0, 0.05) is 11.8 Å². The van der Waals surface area contributed by atoms with Crippen LogP contribution in [0, 0.1) is 0 Å². The van der Waals surface area contributed by atoms with E-state index in [0.29, 0.717) is 0 Å². The van der Waals surface area contributed by atoms with Gasteiger partial charge in [-0.05, 0) is 18.6 Å². The molecule has 1 aliphatic rings. The van der Waals surface area contributed by atoms with Crippen molar-refractivity contribution in [2.75, 3.05) is 5.43 Å². The van der Waals surface area contributed by atoms with Crippen LogP contribution < -0.4 is 10.9 Å². The van der Waals surface area contributed by atoms with Gasteiger partial charge in [0.2, 0.25) is 0 Å². The monoisotopic (exact) mass is 211 g/mol. The molecule has 0 saturated carbocycles. The fraction of sp³-hybridized carbons (Fsp3) is 0.154. The van der Waals surface area contributed by atoms with Crippen molar-refractivity contribution in [1.29, 1.82) is 0 Å². The summed E-state index contributed by atoms with van der Waals surface area (Å²) in [5, 5.41) is 0. The molecule has 3 nitrogen and oxygen atoms in total. The van der Waals surface area contributed by atoms with Crippen LogP contribution in [-0.2, 0) is 0 Å². The van der Waals surface area contributed by atoms with Crippen molar-refractivity contribution in [3.05, 3.63) is 48.3 Å². The Morgan fingerprint density at radius 2 is 1.94 bits per heavy atom. The molecule has 16 heavy (non-hydrogen) atoms. The van der Waals surface area contributed by atoms with Gasteiger partial charge in [-0.15, -0.1) is 0 Å². The van der Waals surface area contributed by atoms with Crippen molar-refractivity contribution in [3.63, 3.8) is 0 Å². The number of hydrazine groups is 1. The third-order valence-electron chi connectivity index (χ3n) is 2.86. The molecule has 1 atom stereocenters. The van der Waals surface area contributed by atoms with Gasteiger partial charge in [0.05, 0.1) is 17.4 Å². The fourth-order valence-corrected chi connectivity index (χ4v) is 1.96. The van der Waals surface area contributed by atoms with Crippen LogP contribution in [0.5, 0.6) is 0 Å². The van der Waals surface area contributed by atoms with Crippen LogP contribution in [0.2, 0.25) is 0 Å². The molecule has 2 aromatic rings. The summed E-state index contributed by atoms with van der Waals surface area (Å²) in [5.74, 6) is 0. The molecular weight excluding hydrogens is 198 g/mol. The minimum Gasteiger partial charge on any atom is -0.319 e. The standard InChI is InChI=1S/C13H13N3/c1-9-13-12(16-15-9)7-11(8-14-13)10-5-3-2-4-6-10/h2-9,15-16H,1H3. The van der Waals surface area contributed by atoms with Gasteiger partial charge in [0.15, 0.2) is 0 Å². The predicted octanol–water partition coefficient (Wildman–Crippen LogP) is 2.74. The highest BCUT2D eigenvalue weighted by atomic mass is 15.4. The first-order valence-electron chi connectivity index (χ1n) is 5.41. The summed E-state index contributed by atoms with van der Waals surface area (Å²) in [6.45, 7) is 2.09. The normalized spacial score (nSPS) is 17.9. The molecule has 3 rings (SSSR count). The second kappa shape index (κ2) is 3.61. The Hall–Kier alpha value is -1.87. The summed E-state index contributed by atoms with van der Waals surface area (Å²) in [6.07, 6.45) is 1.93. The van der Waals surface area contributed by atoms with Crippen molar-refractivity contribution in [3.8, 4) is 11.1 Å². The third-order valence-corrected chi connectivity index (χ3v) is 2.86. The molecule has 2 N–H and O–H groups in total. The van der Waals surface area contributed by atoms with Crippen molar-refractivity contribution in [2.45, 2.75) is 13.0 Å². The number of hydrogen-bond donors (Lipinski definition) is 2. The van der Waals surface area contributed by atoms with E-state index >= 15 is 0 Å². The minimum absolute atomic E-state index is 0.278. The summed E-state index contributed by atoms with van der Waals surface area (Å²) in [6, 6.07) is 12.7. The summed E-state index contributed by atoms with van der Waals surface area (Å²) in [4.78, 5) is 4.49. The number of aromatic nitrogens is 1. The van der Waals surface area contributed by atoms with E-state index in [9.17, 15) is 0 Å². The van der Waals surface area contributed by atoms with Gasteiger partial charge < -0.3 is 5.43 Å². The van der Waals surface area contributed by atoms with E-state index < -0.39 is 0 Å². The van der Waals surface area contributed by atoms with Gasteiger partial charge in [-0.1, -0.05) is 30.3 Å². The van der Waals surface area contributed by atoms with Gasteiger partial charge in [-0.3, -0.25) is 4.98 Å². The highest BCUT2D eigenvalue weighted by Gasteiger charge is 2.19. The third kappa shape index (κ3) is 1.46. The van der Waals surface area contributed by atoms with Crippen LogP contribution in [0.1, 0.15) is 18.7 Å². The molecule has 0 bridgehead atoms. The van der Waals surface area contributed by atoms with Crippen molar-refractivity contribution in [1.82, 2.24) is 10.4 Å². The van der Waals surface area contributed by atoms with E-state index in [0.717, 1.165) is 16.9 Å². The highest BCUT2D eigenvalue weighted by Crippen LogP contribution is 2.29. The number of anilines is 1. The van der Waals surface area contributed by atoms with Crippen LogP contribution in [-0.4, -0.2) is 4.98 Å². The van der Waals surface area contributed by atoms with E-state index in [1.807, 2.05) is 24.4 Å². The second-order valence-electron chi connectivity index (χ2n) is 4.01. The highest BCUT2D eigenvalue weighted by molar-refractivity contribution is 5.69. The maximum atomic E-state index is 4.49. The number of pyridine rings is 1. The van der Waals surface area contributed by atoms with Gasteiger partial charge in [-0.25, -0.2) is 5.43 Å². The summed E-state index contributed by atoms with van der Waals surface area (Å²) in [5.41, 5.74) is 10.8. The van der Waals surface area contributed by atoms with Crippen LogP contribution in [0.15, 0.2) is 42.6 Å². The number of rotatable bonds is 1. The van der Waals surface area contributed by atoms with Crippen LogP contribution in [0.4, 0.5) is 5.69 Å². The predicted molar refractivity (Wildman–Crippen MR) is 64.8 cm³/mol. The lowest BCUT2D eigenvalue weighted by Crippen LogP contribution is -2.15. The summed E-state index contributed by atoms with van der Waals surface area (Å²) in [7, 11) is 0. The van der Waals surface area contributed by atoms with Crippen molar-refractivity contribution >= 4 is 5.69 Å². The molecule has 0 radical (unpaired) electrons. The number of nitrogens with zero attached hydrogens (tertiary/aromatic N) is 1. The number of nitrogens with one attached hydrogen (secondary N) is 2. The molecule has 2 heterocycles. The Kier molecular flexibility index (Phi) is 2.11. The zero-order chi connectivity index (χ0) is 11.0. The first-order chi connectivity index (χ1) is 7.84. The minimum atomic E-state index is 0.278. The SMILES string of the molecule is CC1NNc2cc(-c3ccccc3)cnc21. The maximum Gasteiger partial charge on any atom is 0.0833 e. The van der Waals surface area contributed by atoms with Crippen LogP contribution >= 0.6 is 0 Å². The van der Waals surface area contributed by atoms with E-state index in [1.165, 1.54) is 5.56 Å². The molecule has 3 heteroatoms. The Labute approximate surface area is 94.5 Å². The molecular formula is C13H13N3. The van der Waals surface area contributed by atoms with Crippen LogP contribution in [0.25, 0.3) is 11.1 Å². The molecule has 80 valence electrons. The fourth-order valence-electron chi connectivity index (χ4n) is 1.96. The second-order valence-corrected chi connectivity index (χ2v) is 4.01. The van der Waals surface area contributed by atoms with E-state index in [-0.39, 0.29) is 6.04 Å². The number of benzene rings is 1. The number of hydrogen-bond acceptors (Lipinski definition) is 3. The van der Waals surface area contributed by atoms with Crippen molar-refractivity contribution < 1.29 is 0 Å². The first kappa shape index (κ1) is 9.36. The zero-order valence-corrected chi connectivity index (χ0v) is 9.07. The zero-order valence-electron chi connectivity index (χ0n) is 9.07. The molecule has 1 aromatic heterocycles. The molecule has 0 spiro atoms. The Balaban J connectivity index is 2.06. The lowest BCUT2D eigenvalue weighted by atomic mass is 10.1. The Bertz CT molecular complexity index is 508. The molecule has 0 aliphatic carbocycles. The smallest absolute Gasteiger partial charge is 0.0833 e. The molecule has 1 unspecified atom stereocenters. The maximum absolute atomic E-state index is 4.49. The Morgan fingerprint density at radius 3 is 2.75 bits per heavy atom. The average molecular weight is 211 g/mol. The lowest BCUT2D eigenvalue weighted by Gasteiger charge is -2.04. The van der Waals surface area contributed by atoms with Gasteiger partial charge in [0.25, 0.3) is 0 Å². The van der Waals surface area contributed by atoms with E-state index in [1.54, 1.807) is 0 Å². The molecule has 0 saturated heterocycles. The Morgan fingerprint density at radius 1 is 1.12 bits per heavy atom. The van der Waals surface area contributed by atoms with E-state index in [4.69, 9.17) is 0 Å².